The number of nitrogens with one attached hydrogen (secondary N) is 1. The van der Waals surface area contributed by atoms with Gasteiger partial charge in [-0.05, 0) is 12.1 Å². The highest BCUT2D eigenvalue weighted by Gasteiger charge is 2.14. The molecule has 1 fully saturated rings. The summed E-state index contributed by atoms with van der Waals surface area (Å²) in [6, 6.07) is 5.11. The lowest BCUT2D eigenvalue weighted by Crippen LogP contribution is -2.36. The molecule has 0 aromatic heterocycles. The maximum atomic E-state index is 11.2. The van der Waals surface area contributed by atoms with Crippen molar-refractivity contribution in [2.24, 2.45) is 0 Å². The van der Waals surface area contributed by atoms with Crippen LogP contribution in [0.3, 0.4) is 0 Å². The smallest absolute Gasteiger partial charge is 0.339 e. The summed E-state index contributed by atoms with van der Waals surface area (Å²) in [5.74, 6) is 1.36. The zero-order valence-corrected chi connectivity index (χ0v) is 12.1. The summed E-state index contributed by atoms with van der Waals surface area (Å²) in [5, 5.41) is 12.6. The van der Waals surface area contributed by atoms with Crippen LogP contribution in [0, 0.1) is 0 Å². The predicted octanol–water partition coefficient (Wildman–Crippen LogP) is 2.50. The summed E-state index contributed by atoms with van der Waals surface area (Å²) in [4.78, 5) is 13.6. The lowest BCUT2D eigenvalue weighted by molar-refractivity contribution is 0.0698. The third-order valence-electron chi connectivity index (χ3n) is 3.07. The van der Waals surface area contributed by atoms with E-state index in [1.165, 1.54) is 11.5 Å². The molecule has 1 aliphatic rings. The highest BCUT2D eigenvalue weighted by molar-refractivity contribution is 7.99. The molecule has 2 rings (SSSR count). The van der Waals surface area contributed by atoms with E-state index in [1.54, 1.807) is 18.2 Å². The lowest BCUT2D eigenvalue weighted by atomic mass is 10.2. The van der Waals surface area contributed by atoms with Crippen LogP contribution in [0.4, 0.5) is 5.69 Å². The largest absolute Gasteiger partial charge is 0.478 e. The molecule has 0 aliphatic carbocycles. The molecule has 0 spiro atoms. The second-order valence-electron chi connectivity index (χ2n) is 4.35. The van der Waals surface area contributed by atoms with Crippen LogP contribution < -0.4 is 5.32 Å². The number of carboxylic acids is 1. The fourth-order valence-electron chi connectivity index (χ4n) is 2.06. The van der Waals surface area contributed by atoms with E-state index in [4.69, 9.17) is 16.7 Å². The van der Waals surface area contributed by atoms with Crippen molar-refractivity contribution in [1.82, 2.24) is 4.90 Å². The average Bonchev–Trinajstić information content (AvgIpc) is 2.39. The van der Waals surface area contributed by atoms with Gasteiger partial charge < -0.3 is 10.4 Å². The number of hydrogen-bond donors (Lipinski definition) is 2. The van der Waals surface area contributed by atoms with Crippen LogP contribution in [-0.4, -0.2) is 53.7 Å². The first-order chi connectivity index (χ1) is 9.18. The van der Waals surface area contributed by atoms with E-state index < -0.39 is 5.97 Å². The number of thioether (sulfide) groups is 1. The lowest BCUT2D eigenvalue weighted by Gasteiger charge is -2.26. The predicted molar refractivity (Wildman–Crippen MR) is 80.7 cm³/mol. The molecule has 4 nitrogen and oxygen atoms in total. The fourth-order valence-corrected chi connectivity index (χ4v) is 3.30. The number of anilines is 1. The number of carbonyl (C=O) groups is 1. The van der Waals surface area contributed by atoms with Crippen LogP contribution in [0.1, 0.15) is 10.4 Å². The van der Waals surface area contributed by atoms with Gasteiger partial charge >= 0.3 is 5.97 Å². The second-order valence-corrected chi connectivity index (χ2v) is 5.98. The minimum absolute atomic E-state index is 0.151. The molecule has 1 saturated heterocycles. The van der Waals surface area contributed by atoms with Gasteiger partial charge in [-0.3, -0.25) is 4.90 Å². The standard InChI is InChI=1S/C13H17ClN2O2S/c14-10-2-1-3-11(12(10)13(17)18)15-4-5-16-6-8-19-9-7-16/h1-3,15H,4-9H2,(H,17,18). The second kappa shape index (κ2) is 7.03. The Morgan fingerprint density at radius 3 is 2.84 bits per heavy atom. The van der Waals surface area contributed by atoms with Gasteiger partial charge in [-0.15, -0.1) is 0 Å². The molecule has 0 radical (unpaired) electrons. The molecule has 19 heavy (non-hydrogen) atoms. The van der Waals surface area contributed by atoms with Gasteiger partial charge in [-0.2, -0.15) is 11.8 Å². The van der Waals surface area contributed by atoms with Crippen molar-refractivity contribution in [2.75, 3.05) is 43.0 Å². The summed E-state index contributed by atoms with van der Waals surface area (Å²) in [6.45, 7) is 3.86. The summed E-state index contributed by atoms with van der Waals surface area (Å²) in [7, 11) is 0. The Hall–Kier alpha value is -0.910. The van der Waals surface area contributed by atoms with E-state index in [0.29, 0.717) is 5.69 Å². The Bertz CT molecular complexity index is 450. The van der Waals surface area contributed by atoms with Crippen LogP contribution in [-0.2, 0) is 0 Å². The first kappa shape index (κ1) is 14.5. The summed E-state index contributed by atoms with van der Waals surface area (Å²) >= 11 is 7.90. The molecular formula is C13H17ClN2O2S. The zero-order chi connectivity index (χ0) is 13.7. The third kappa shape index (κ3) is 4.03. The monoisotopic (exact) mass is 300 g/mol. The fraction of sp³-hybridized carbons (Fsp3) is 0.462. The number of carboxylic acid groups (broad SMARTS) is 1. The molecule has 0 atom stereocenters. The van der Waals surface area contributed by atoms with Crippen LogP contribution in [0.5, 0.6) is 0 Å². The van der Waals surface area contributed by atoms with Crippen molar-refractivity contribution < 1.29 is 9.90 Å². The normalized spacial score (nSPS) is 16.3. The van der Waals surface area contributed by atoms with Gasteiger partial charge in [0.05, 0.1) is 10.7 Å². The molecule has 0 saturated carbocycles. The van der Waals surface area contributed by atoms with Crippen molar-refractivity contribution in [1.29, 1.82) is 0 Å². The number of benzene rings is 1. The molecular weight excluding hydrogens is 284 g/mol. The van der Waals surface area contributed by atoms with Crippen molar-refractivity contribution in [2.45, 2.75) is 0 Å². The van der Waals surface area contributed by atoms with Crippen LogP contribution >= 0.6 is 23.4 Å². The summed E-state index contributed by atoms with van der Waals surface area (Å²) < 4.78 is 0. The Labute approximate surface area is 122 Å². The van der Waals surface area contributed by atoms with Gasteiger partial charge in [0.25, 0.3) is 0 Å². The topological polar surface area (TPSA) is 52.6 Å². The molecule has 0 bridgehead atoms. The molecule has 2 N–H and O–H groups in total. The molecule has 6 heteroatoms. The van der Waals surface area contributed by atoms with Crippen LogP contribution in [0.25, 0.3) is 0 Å². The SMILES string of the molecule is O=C(O)c1c(Cl)cccc1NCCN1CCSCC1. The van der Waals surface area contributed by atoms with Crippen LogP contribution in [0.2, 0.25) is 5.02 Å². The first-order valence-corrected chi connectivity index (χ1v) is 7.77. The highest BCUT2D eigenvalue weighted by atomic mass is 35.5. The van der Waals surface area contributed by atoms with E-state index in [-0.39, 0.29) is 10.6 Å². The maximum Gasteiger partial charge on any atom is 0.339 e. The molecule has 1 aliphatic heterocycles. The van der Waals surface area contributed by atoms with Crippen molar-refractivity contribution >= 4 is 35.0 Å². The van der Waals surface area contributed by atoms with Crippen LogP contribution in [0.15, 0.2) is 18.2 Å². The summed E-state index contributed by atoms with van der Waals surface area (Å²) in [5.41, 5.74) is 0.741. The number of aromatic carboxylic acids is 1. The van der Waals surface area contributed by atoms with Gasteiger partial charge in [-0.25, -0.2) is 4.79 Å². The minimum Gasteiger partial charge on any atom is -0.478 e. The highest BCUT2D eigenvalue weighted by Crippen LogP contribution is 2.24. The molecule has 1 aromatic carbocycles. The third-order valence-corrected chi connectivity index (χ3v) is 4.33. The van der Waals surface area contributed by atoms with Gasteiger partial charge in [0.1, 0.15) is 5.56 Å². The van der Waals surface area contributed by atoms with E-state index in [1.807, 2.05) is 11.8 Å². The van der Waals surface area contributed by atoms with Gasteiger partial charge in [-0.1, -0.05) is 17.7 Å². The average molecular weight is 301 g/mol. The minimum atomic E-state index is -0.998. The zero-order valence-electron chi connectivity index (χ0n) is 10.6. The van der Waals surface area contributed by atoms with E-state index in [0.717, 1.165) is 26.2 Å². The van der Waals surface area contributed by atoms with E-state index in [9.17, 15) is 4.79 Å². The van der Waals surface area contributed by atoms with Crippen molar-refractivity contribution in [3.63, 3.8) is 0 Å². The molecule has 104 valence electrons. The first-order valence-electron chi connectivity index (χ1n) is 6.24. The summed E-state index contributed by atoms with van der Waals surface area (Å²) in [6.07, 6.45) is 0. The van der Waals surface area contributed by atoms with E-state index in [2.05, 4.69) is 10.2 Å². The van der Waals surface area contributed by atoms with Gasteiger partial charge in [0.15, 0.2) is 0 Å². The van der Waals surface area contributed by atoms with E-state index >= 15 is 0 Å². The van der Waals surface area contributed by atoms with Gasteiger partial charge in [0.2, 0.25) is 0 Å². The molecule has 0 unspecified atom stereocenters. The molecule has 1 aromatic rings. The van der Waals surface area contributed by atoms with Crippen molar-refractivity contribution in [3.8, 4) is 0 Å². The Kier molecular flexibility index (Phi) is 5.36. The number of rotatable bonds is 5. The van der Waals surface area contributed by atoms with Gasteiger partial charge in [0, 0.05) is 37.7 Å². The Balaban J connectivity index is 1.92. The number of halogens is 1. The number of nitrogens with zero attached hydrogens (tertiary/aromatic N) is 1. The Morgan fingerprint density at radius 2 is 2.16 bits per heavy atom. The van der Waals surface area contributed by atoms with Crippen molar-refractivity contribution in [3.05, 3.63) is 28.8 Å². The Morgan fingerprint density at radius 1 is 1.42 bits per heavy atom. The number of hydrogen-bond acceptors (Lipinski definition) is 4. The quantitative estimate of drug-likeness (QED) is 0.875. The molecule has 0 amide bonds. The molecule has 1 heterocycles. The maximum absolute atomic E-state index is 11.2.